The first kappa shape index (κ1) is 11.7. The van der Waals surface area contributed by atoms with Gasteiger partial charge in [0.25, 0.3) is 0 Å². The van der Waals surface area contributed by atoms with Crippen LogP contribution in [-0.2, 0) is 6.61 Å². The fourth-order valence-electron chi connectivity index (χ4n) is 1.55. The normalized spacial score (nSPS) is 10.9. The number of hydrogen-bond acceptors (Lipinski definition) is 1. The van der Waals surface area contributed by atoms with Gasteiger partial charge in [-0.3, -0.25) is 0 Å². The van der Waals surface area contributed by atoms with Crippen molar-refractivity contribution < 1.29 is 5.11 Å². The maximum absolute atomic E-state index is 9.15. The van der Waals surface area contributed by atoms with Crippen molar-refractivity contribution in [2.45, 2.75) is 26.9 Å². The third-order valence-electron chi connectivity index (χ3n) is 2.52. The van der Waals surface area contributed by atoms with Crippen molar-refractivity contribution in [2.24, 2.45) is 0 Å². The molecule has 0 aromatic heterocycles. The van der Waals surface area contributed by atoms with E-state index in [2.05, 4.69) is 19.6 Å². The summed E-state index contributed by atoms with van der Waals surface area (Å²) in [5.41, 5.74) is 4.21. The van der Waals surface area contributed by atoms with Gasteiger partial charge >= 0.3 is 0 Å². The molecular formula is C14H18O. The second-order valence-electron chi connectivity index (χ2n) is 3.58. The summed E-state index contributed by atoms with van der Waals surface area (Å²) in [5.74, 6) is 0. The summed E-state index contributed by atoms with van der Waals surface area (Å²) in [7, 11) is 0. The van der Waals surface area contributed by atoms with Gasteiger partial charge in [0.15, 0.2) is 0 Å². The number of hydrogen-bond donors (Lipinski definition) is 1. The minimum Gasteiger partial charge on any atom is -0.392 e. The molecular weight excluding hydrogens is 184 g/mol. The third-order valence-corrected chi connectivity index (χ3v) is 2.52. The molecule has 0 fully saturated rings. The van der Waals surface area contributed by atoms with Gasteiger partial charge in [-0.25, -0.2) is 0 Å². The van der Waals surface area contributed by atoms with Crippen molar-refractivity contribution in [3.8, 4) is 0 Å². The molecule has 1 aromatic carbocycles. The minimum absolute atomic E-state index is 0.0877. The van der Waals surface area contributed by atoms with Gasteiger partial charge in [0.1, 0.15) is 0 Å². The molecule has 0 bridgehead atoms. The highest BCUT2D eigenvalue weighted by atomic mass is 16.3. The van der Waals surface area contributed by atoms with Crippen molar-refractivity contribution in [2.75, 3.05) is 0 Å². The summed E-state index contributed by atoms with van der Waals surface area (Å²) in [4.78, 5) is 0. The Kier molecular flexibility index (Phi) is 4.32. The average Bonchev–Trinajstić information content (AvgIpc) is 2.26. The van der Waals surface area contributed by atoms with Crippen LogP contribution in [0.3, 0.4) is 0 Å². The van der Waals surface area contributed by atoms with E-state index < -0.39 is 0 Å². The van der Waals surface area contributed by atoms with Crippen LogP contribution in [0.1, 0.15) is 30.0 Å². The molecule has 0 aliphatic carbocycles. The predicted octanol–water partition coefficient (Wildman–Crippen LogP) is 3.47. The van der Waals surface area contributed by atoms with Crippen molar-refractivity contribution in [3.63, 3.8) is 0 Å². The Morgan fingerprint density at radius 3 is 2.80 bits per heavy atom. The maximum Gasteiger partial charge on any atom is 0.0684 e. The Morgan fingerprint density at radius 2 is 2.20 bits per heavy atom. The van der Waals surface area contributed by atoms with Gasteiger partial charge in [0, 0.05) is 0 Å². The van der Waals surface area contributed by atoms with Crippen LogP contribution in [0.2, 0.25) is 0 Å². The first-order valence-electron chi connectivity index (χ1n) is 5.25. The summed E-state index contributed by atoms with van der Waals surface area (Å²) in [6, 6.07) is 5.94. The highest BCUT2D eigenvalue weighted by Gasteiger charge is 2.03. The Morgan fingerprint density at radius 1 is 1.47 bits per heavy atom. The second kappa shape index (κ2) is 5.52. The van der Waals surface area contributed by atoms with Crippen LogP contribution in [0.25, 0.3) is 5.57 Å². The lowest BCUT2D eigenvalue weighted by atomic mass is 9.97. The molecule has 15 heavy (non-hydrogen) atoms. The van der Waals surface area contributed by atoms with E-state index in [0.29, 0.717) is 0 Å². The van der Waals surface area contributed by atoms with Crippen molar-refractivity contribution in [3.05, 3.63) is 53.6 Å². The van der Waals surface area contributed by atoms with Gasteiger partial charge in [0.05, 0.1) is 6.61 Å². The summed E-state index contributed by atoms with van der Waals surface area (Å²) in [6.07, 6.45) is 5.13. The molecule has 0 atom stereocenters. The number of aliphatic hydroxyl groups excluding tert-OH is 1. The predicted molar refractivity (Wildman–Crippen MR) is 65.6 cm³/mol. The summed E-state index contributed by atoms with van der Waals surface area (Å²) in [5, 5.41) is 9.15. The van der Waals surface area contributed by atoms with E-state index >= 15 is 0 Å². The molecule has 0 amide bonds. The standard InChI is InChI=1S/C14H18O/c1-4-5-7-11(2)14-9-6-8-13(10-15)12(14)3/h5-9,15H,2,4,10H2,1,3H3. The fourth-order valence-corrected chi connectivity index (χ4v) is 1.55. The van der Waals surface area contributed by atoms with Gasteiger partial charge in [-0.1, -0.05) is 43.9 Å². The lowest BCUT2D eigenvalue weighted by Gasteiger charge is -2.09. The molecule has 1 aromatic rings. The van der Waals surface area contributed by atoms with Gasteiger partial charge < -0.3 is 5.11 Å². The zero-order valence-electron chi connectivity index (χ0n) is 9.46. The number of allylic oxidation sites excluding steroid dienone is 3. The van der Waals surface area contributed by atoms with Crippen LogP contribution >= 0.6 is 0 Å². The summed E-state index contributed by atoms with van der Waals surface area (Å²) in [6.45, 7) is 8.24. The maximum atomic E-state index is 9.15. The minimum atomic E-state index is 0.0877. The van der Waals surface area contributed by atoms with Crippen LogP contribution in [-0.4, -0.2) is 5.11 Å². The van der Waals surface area contributed by atoms with Crippen LogP contribution in [0.5, 0.6) is 0 Å². The first-order valence-corrected chi connectivity index (χ1v) is 5.25. The van der Waals surface area contributed by atoms with Crippen molar-refractivity contribution in [1.29, 1.82) is 0 Å². The molecule has 0 aliphatic heterocycles. The average molecular weight is 202 g/mol. The highest BCUT2D eigenvalue weighted by Crippen LogP contribution is 2.21. The van der Waals surface area contributed by atoms with E-state index in [0.717, 1.165) is 28.7 Å². The molecule has 0 saturated carbocycles. The number of aliphatic hydroxyl groups is 1. The molecule has 0 spiro atoms. The van der Waals surface area contributed by atoms with E-state index in [1.165, 1.54) is 0 Å². The molecule has 0 saturated heterocycles. The van der Waals surface area contributed by atoms with Gasteiger partial charge in [-0.15, -0.1) is 0 Å². The first-order chi connectivity index (χ1) is 7.20. The third kappa shape index (κ3) is 2.80. The molecule has 0 radical (unpaired) electrons. The van der Waals surface area contributed by atoms with Gasteiger partial charge in [-0.05, 0) is 35.6 Å². The number of benzene rings is 1. The van der Waals surface area contributed by atoms with Crippen LogP contribution in [0.4, 0.5) is 0 Å². The van der Waals surface area contributed by atoms with Gasteiger partial charge in [-0.2, -0.15) is 0 Å². The van der Waals surface area contributed by atoms with E-state index in [1.54, 1.807) is 0 Å². The SMILES string of the molecule is C=C(C=CCC)c1cccc(CO)c1C. The Bertz CT molecular complexity index is 375. The topological polar surface area (TPSA) is 20.2 Å². The van der Waals surface area contributed by atoms with E-state index in [4.69, 9.17) is 5.11 Å². The Balaban J connectivity index is 3.04. The summed E-state index contributed by atoms with van der Waals surface area (Å²) < 4.78 is 0. The lowest BCUT2D eigenvalue weighted by molar-refractivity contribution is 0.281. The smallest absolute Gasteiger partial charge is 0.0684 e. The molecule has 0 heterocycles. The lowest BCUT2D eigenvalue weighted by Crippen LogP contribution is -1.93. The molecule has 0 unspecified atom stereocenters. The van der Waals surface area contributed by atoms with Crippen LogP contribution < -0.4 is 0 Å². The molecule has 1 N–H and O–H groups in total. The quantitative estimate of drug-likeness (QED) is 0.741. The number of rotatable bonds is 4. The highest BCUT2D eigenvalue weighted by molar-refractivity contribution is 5.74. The fraction of sp³-hybridized carbons (Fsp3) is 0.286. The Labute approximate surface area is 91.8 Å². The van der Waals surface area contributed by atoms with E-state index in [-0.39, 0.29) is 6.61 Å². The zero-order chi connectivity index (χ0) is 11.3. The molecule has 0 aliphatic rings. The van der Waals surface area contributed by atoms with Crippen molar-refractivity contribution in [1.82, 2.24) is 0 Å². The largest absolute Gasteiger partial charge is 0.392 e. The Hall–Kier alpha value is -1.34. The monoisotopic (exact) mass is 202 g/mol. The molecule has 1 rings (SSSR count). The second-order valence-corrected chi connectivity index (χ2v) is 3.58. The zero-order valence-corrected chi connectivity index (χ0v) is 9.46. The molecule has 80 valence electrons. The van der Waals surface area contributed by atoms with Gasteiger partial charge in [0.2, 0.25) is 0 Å². The van der Waals surface area contributed by atoms with E-state index in [1.807, 2.05) is 31.2 Å². The van der Waals surface area contributed by atoms with Crippen LogP contribution in [0, 0.1) is 6.92 Å². The van der Waals surface area contributed by atoms with E-state index in [9.17, 15) is 0 Å². The molecule has 1 heteroatoms. The van der Waals surface area contributed by atoms with Crippen molar-refractivity contribution >= 4 is 5.57 Å². The molecule has 1 nitrogen and oxygen atoms in total. The summed E-state index contributed by atoms with van der Waals surface area (Å²) >= 11 is 0. The van der Waals surface area contributed by atoms with Crippen LogP contribution in [0.15, 0.2) is 36.9 Å².